The zero-order valence-electron chi connectivity index (χ0n) is 23.2. The summed E-state index contributed by atoms with van der Waals surface area (Å²) in [5, 5.41) is -0.488. The second-order valence-electron chi connectivity index (χ2n) is 10.5. The number of rotatable bonds is 5. The summed E-state index contributed by atoms with van der Waals surface area (Å²) < 4.78 is 80.1. The lowest BCUT2D eigenvalue weighted by Gasteiger charge is -2.45. The minimum Gasteiger partial charge on any atom is -0.383 e. The maximum absolute atomic E-state index is 15.2. The van der Waals surface area contributed by atoms with Gasteiger partial charge in [0.05, 0.1) is 28.8 Å². The van der Waals surface area contributed by atoms with Crippen LogP contribution in [0.1, 0.15) is 25.5 Å². The molecule has 0 bridgehead atoms. The second kappa shape index (κ2) is 11.3. The highest BCUT2D eigenvalue weighted by Gasteiger charge is 2.41. The number of carbonyl (C=O) groups excluding carboxylic acids is 1. The van der Waals surface area contributed by atoms with Gasteiger partial charge in [-0.2, -0.15) is 18.2 Å². The molecule has 1 amide bonds. The van der Waals surface area contributed by atoms with E-state index in [0.717, 1.165) is 23.9 Å². The Kier molecular flexibility index (Phi) is 8.27. The van der Waals surface area contributed by atoms with Gasteiger partial charge in [-0.05, 0) is 32.3 Å². The number of ether oxygens (including phenoxy) is 1. The summed E-state index contributed by atoms with van der Waals surface area (Å²) >= 11 is 6.93. The van der Waals surface area contributed by atoms with Crippen molar-refractivity contribution in [1.82, 2.24) is 14.5 Å². The Bertz CT molecular complexity index is 1630. The van der Waals surface area contributed by atoms with Gasteiger partial charge in [0.2, 0.25) is 5.91 Å². The highest BCUT2D eigenvalue weighted by atomic mass is 35.5. The number of hydrogen-bond acceptors (Lipinski definition) is 6. The van der Waals surface area contributed by atoms with Gasteiger partial charge in [-0.25, -0.2) is 13.6 Å². The van der Waals surface area contributed by atoms with E-state index in [2.05, 4.69) is 4.98 Å². The summed E-state index contributed by atoms with van der Waals surface area (Å²) in [5.41, 5.74) is -2.77. The number of hydrogen-bond donors (Lipinski definition) is 0. The van der Waals surface area contributed by atoms with E-state index in [4.69, 9.17) is 16.3 Å². The van der Waals surface area contributed by atoms with Crippen molar-refractivity contribution in [3.05, 3.63) is 50.9 Å². The molecule has 2 aromatic carbocycles. The fourth-order valence-electron chi connectivity index (χ4n) is 6.02. The molecule has 224 valence electrons. The summed E-state index contributed by atoms with van der Waals surface area (Å²) in [5.74, 6) is -2.19. The Labute approximate surface area is 248 Å². The number of anilines is 1. The SMILES string of the molecule is BCC(=O)N1[C@H](C)CN(c2nc(=O)n3c4c(c(-c5cc(Cl)c(F)cc5F)c(C(F)(F)F)cc24)SC[C@@H]3COC)C[C@@H]1C. The lowest BCUT2D eigenvalue weighted by atomic mass is 9.95. The predicted octanol–water partition coefficient (Wildman–Crippen LogP) is 4.78. The summed E-state index contributed by atoms with van der Waals surface area (Å²) in [6.07, 6.45) is -4.66. The molecule has 3 aromatic rings. The zero-order valence-corrected chi connectivity index (χ0v) is 24.8. The van der Waals surface area contributed by atoms with Crippen molar-refractivity contribution in [2.24, 2.45) is 0 Å². The minimum absolute atomic E-state index is 0.00963. The van der Waals surface area contributed by atoms with Crippen LogP contribution < -0.4 is 10.6 Å². The molecule has 2 aliphatic rings. The van der Waals surface area contributed by atoms with Crippen LogP contribution in [0.15, 0.2) is 27.9 Å². The zero-order chi connectivity index (χ0) is 30.7. The standard InChI is InChI=1S/C27H27BClF5N4O3S/c1-12-8-36(9-13(2)37(12)21(39)7-28)25-16-4-17(27(32,33)34)22(15-5-18(29)20(31)6-19(15)30)24-23(16)38(26(40)35-25)14(10-41-3)11-42-24/h4-6,12-14H,7-11,28H2,1-3H3/t12-,13+,14-/m0/s1. The molecule has 42 heavy (non-hydrogen) atoms. The Hall–Kier alpha value is -2.84. The van der Waals surface area contributed by atoms with Crippen molar-refractivity contribution in [2.45, 2.75) is 49.4 Å². The molecule has 0 unspecified atom stereocenters. The molecule has 0 saturated carbocycles. The van der Waals surface area contributed by atoms with Crippen LogP contribution in [0.25, 0.3) is 22.0 Å². The fraction of sp³-hybridized carbons (Fsp3) is 0.444. The molecule has 0 N–H and O–H groups in total. The number of aromatic nitrogens is 2. The van der Waals surface area contributed by atoms with E-state index in [0.29, 0.717) is 12.4 Å². The van der Waals surface area contributed by atoms with Gasteiger partial charge in [-0.15, -0.1) is 11.8 Å². The topological polar surface area (TPSA) is 67.7 Å². The van der Waals surface area contributed by atoms with E-state index in [1.165, 1.54) is 11.7 Å². The van der Waals surface area contributed by atoms with Gasteiger partial charge in [0.25, 0.3) is 0 Å². The van der Waals surface area contributed by atoms with Gasteiger partial charge in [0.15, 0.2) is 0 Å². The van der Waals surface area contributed by atoms with E-state index in [-0.39, 0.29) is 65.1 Å². The third-order valence-corrected chi connectivity index (χ3v) is 9.21. The van der Waals surface area contributed by atoms with Gasteiger partial charge in [-0.3, -0.25) is 9.36 Å². The van der Waals surface area contributed by atoms with Crippen molar-refractivity contribution in [2.75, 3.05) is 37.5 Å². The maximum atomic E-state index is 15.2. The van der Waals surface area contributed by atoms with E-state index < -0.39 is 51.3 Å². The van der Waals surface area contributed by atoms with Gasteiger partial charge in [0.1, 0.15) is 25.3 Å². The first-order valence-corrected chi connectivity index (χ1v) is 14.7. The lowest BCUT2D eigenvalue weighted by molar-refractivity contribution is -0.137. The first-order valence-electron chi connectivity index (χ1n) is 13.3. The number of methoxy groups -OCH3 is 1. The molecule has 3 atom stereocenters. The molecule has 1 fully saturated rings. The Balaban J connectivity index is 1.84. The van der Waals surface area contributed by atoms with Crippen LogP contribution >= 0.6 is 23.4 Å². The van der Waals surface area contributed by atoms with E-state index >= 15 is 4.39 Å². The molecular formula is C27H27BClF5N4O3S. The van der Waals surface area contributed by atoms with Crippen LogP contribution in [-0.4, -0.2) is 72.8 Å². The maximum Gasteiger partial charge on any atom is 0.417 e. The van der Waals surface area contributed by atoms with Crippen LogP contribution in [-0.2, 0) is 15.7 Å². The first-order chi connectivity index (χ1) is 19.8. The average Bonchev–Trinajstić information content (AvgIpc) is 2.91. The normalized spacial score (nSPS) is 20.8. The Morgan fingerprint density at radius 1 is 1.17 bits per heavy atom. The average molecular weight is 629 g/mol. The highest BCUT2D eigenvalue weighted by molar-refractivity contribution is 7.99. The number of halogens is 6. The number of nitrogens with zero attached hydrogens (tertiary/aromatic N) is 4. The van der Waals surface area contributed by atoms with Crippen molar-refractivity contribution < 1.29 is 31.5 Å². The molecule has 1 saturated heterocycles. The summed E-state index contributed by atoms with van der Waals surface area (Å²) in [6, 6.07) is 0.977. The molecule has 0 aliphatic carbocycles. The lowest BCUT2D eigenvalue weighted by Crippen LogP contribution is -2.59. The molecule has 0 spiro atoms. The van der Waals surface area contributed by atoms with E-state index in [9.17, 15) is 27.2 Å². The Morgan fingerprint density at radius 3 is 2.43 bits per heavy atom. The van der Waals surface area contributed by atoms with Gasteiger partial charge < -0.3 is 14.5 Å². The summed E-state index contributed by atoms with van der Waals surface area (Å²) in [7, 11) is 3.20. The largest absolute Gasteiger partial charge is 0.417 e. The third kappa shape index (κ3) is 5.15. The molecule has 3 heterocycles. The van der Waals surface area contributed by atoms with Crippen molar-refractivity contribution in [3.63, 3.8) is 0 Å². The van der Waals surface area contributed by atoms with Crippen molar-refractivity contribution in [3.8, 4) is 11.1 Å². The summed E-state index contributed by atoms with van der Waals surface area (Å²) in [6.45, 7) is 4.22. The number of thioether (sulfide) groups is 1. The number of carbonyl (C=O) groups is 1. The van der Waals surface area contributed by atoms with E-state index in [1.54, 1.807) is 17.6 Å². The fourth-order valence-corrected chi connectivity index (χ4v) is 7.50. The molecule has 15 heteroatoms. The molecule has 5 rings (SSSR count). The summed E-state index contributed by atoms with van der Waals surface area (Å²) in [4.78, 5) is 33.9. The molecule has 0 radical (unpaired) electrons. The number of benzene rings is 2. The Morgan fingerprint density at radius 2 is 1.83 bits per heavy atom. The van der Waals surface area contributed by atoms with Crippen LogP contribution in [0.4, 0.5) is 27.8 Å². The number of alkyl halides is 3. The van der Waals surface area contributed by atoms with Crippen LogP contribution in [0.3, 0.4) is 0 Å². The quantitative estimate of drug-likeness (QED) is 0.230. The van der Waals surface area contributed by atoms with Gasteiger partial charge in [0, 0.05) is 65.5 Å². The predicted molar refractivity (Wildman–Crippen MR) is 154 cm³/mol. The van der Waals surface area contributed by atoms with Gasteiger partial charge in [-0.1, -0.05) is 11.6 Å². The van der Waals surface area contributed by atoms with Crippen molar-refractivity contribution in [1.29, 1.82) is 0 Å². The molecule has 7 nitrogen and oxygen atoms in total. The minimum atomic E-state index is -4.96. The van der Waals surface area contributed by atoms with Crippen LogP contribution in [0.5, 0.6) is 0 Å². The number of piperazine rings is 1. The third-order valence-electron chi connectivity index (χ3n) is 7.68. The second-order valence-corrected chi connectivity index (χ2v) is 12.0. The van der Waals surface area contributed by atoms with Crippen molar-refractivity contribution >= 4 is 53.8 Å². The van der Waals surface area contributed by atoms with Crippen LogP contribution in [0, 0.1) is 11.6 Å². The van der Waals surface area contributed by atoms with Gasteiger partial charge >= 0.3 is 11.9 Å². The van der Waals surface area contributed by atoms with E-state index in [1.807, 2.05) is 13.8 Å². The highest BCUT2D eigenvalue weighted by Crippen LogP contribution is 2.50. The van der Waals surface area contributed by atoms with Crippen LogP contribution in [0.2, 0.25) is 11.3 Å². The molecule has 1 aromatic heterocycles. The monoisotopic (exact) mass is 628 g/mol. The number of amides is 1. The molecular weight excluding hydrogens is 602 g/mol. The first kappa shape index (κ1) is 30.6. The molecule has 2 aliphatic heterocycles. The smallest absolute Gasteiger partial charge is 0.383 e.